The van der Waals surface area contributed by atoms with Crippen LogP contribution in [0.1, 0.15) is 17.0 Å². The summed E-state index contributed by atoms with van der Waals surface area (Å²) in [6, 6.07) is 2.04. The minimum atomic E-state index is -0.303. The van der Waals surface area contributed by atoms with Crippen LogP contribution in [0.5, 0.6) is 0 Å². The Morgan fingerprint density at radius 1 is 1.45 bits per heavy atom. The lowest BCUT2D eigenvalue weighted by Crippen LogP contribution is -2.43. The zero-order valence-corrected chi connectivity index (χ0v) is 11.2. The average Bonchev–Trinajstić information content (AvgIpc) is 3.02. The van der Waals surface area contributed by atoms with Crippen LogP contribution < -0.4 is 0 Å². The quantitative estimate of drug-likeness (QED) is 0.702. The van der Waals surface area contributed by atoms with E-state index in [4.69, 9.17) is 10.00 Å². The number of nitriles is 1. The molecule has 0 saturated carbocycles. The Morgan fingerprint density at radius 2 is 2.25 bits per heavy atom. The number of morpholine rings is 1. The maximum Gasteiger partial charge on any atom is 0.295 e. The minimum absolute atomic E-state index is 0.0323. The lowest BCUT2D eigenvalue weighted by molar-refractivity contribution is 0.0325. The lowest BCUT2D eigenvalue weighted by Gasteiger charge is -2.29. The lowest BCUT2D eigenvalue weighted by atomic mass is 10.3. The van der Waals surface area contributed by atoms with Crippen LogP contribution in [-0.2, 0) is 4.74 Å². The number of nitrogens with one attached hydrogen (secondary N) is 1. The fourth-order valence-corrected chi connectivity index (χ4v) is 1.98. The van der Waals surface area contributed by atoms with E-state index >= 15 is 0 Å². The Morgan fingerprint density at radius 3 is 2.90 bits per heavy atom. The highest BCUT2D eigenvalue weighted by Crippen LogP contribution is 2.02. The Kier molecular flexibility index (Phi) is 5.40. The molecule has 0 bridgehead atoms. The normalized spacial score (nSPS) is 15.8. The van der Waals surface area contributed by atoms with Crippen molar-refractivity contribution in [2.75, 3.05) is 45.9 Å². The number of H-pyrrole nitrogens is 1. The standard InChI is InChI=1S/C11H17N7O2/c12-2-1-3-18(11(19)10-13-15-16-14-10)5-4-17-6-8-20-9-7-17/h1,3-9H2,(H,13,14,15,16). The molecule has 1 aliphatic heterocycles. The first-order valence-corrected chi connectivity index (χ1v) is 6.51. The molecule has 0 unspecified atom stereocenters. The summed E-state index contributed by atoms with van der Waals surface area (Å²) < 4.78 is 5.28. The fourth-order valence-electron chi connectivity index (χ4n) is 1.98. The van der Waals surface area contributed by atoms with E-state index in [0.29, 0.717) is 13.1 Å². The van der Waals surface area contributed by atoms with Crippen molar-refractivity contribution in [2.45, 2.75) is 6.42 Å². The number of rotatable bonds is 6. The molecular formula is C11H17N7O2. The summed E-state index contributed by atoms with van der Waals surface area (Å²) >= 11 is 0. The molecule has 0 atom stereocenters. The van der Waals surface area contributed by atoms with Gasteiger partial charge in [0, 0.05) is 32.7 Å². The van der Waals surface area contributed by atoms with Gasteiger partial charge in [-0.2, -0.15) is 10.5 Å². The zero-order chi connectivity index (χ0) is 14.2. The molecular weight excluding hydrogens is 262 g/mol. The highest BCUT2D eigenvalue weighted by molar-refractivity contribution is 5.90. The van der Waals surface area contributed by atoms with E-state index in [1.165, 1.54) is 0 Å². The van der Waals surface area contributed by atoms with Crippen molar-refractivity contribution < 1.29 is 9.53 Å². The summed E-state index contributed by atoms with van der Waals surface area (Å²) in [5, 5.41) is 21.7. The SMILES string of the molecule is N#CCCN(CCN1CCOCC1)C(=O)c1nn[nH]n1. The number of tetrazole rings is 1. The monoisotopic (exact) mass is 279 g/mol. The van der Waals surface area contributed by atoms with Gasteiger partial charge in [0.2, 0.25) is 0 Å². The van der Waals surface area contributed by atoms with Gasteiger partial charge in [-0.3, -0.25) is 9.69 Å². The number of aromatic nitrogens is 4. The van der Waals surface area contributed by atoms with Gasteiger partial charge in [-0.1, -0.05) is 0 Å². The molecule has 1 saturated heterocycles. The predicted octanol–water partition coefficient (Wildman–Crippen LogP) is -1.11. The molecule has 1 aliphatic rings. The van der Waals surface area contributed by atoms with Crippen molar-refractivity contribution in [3.8, 4) is 6.07 Å². The van der Waals surface area contributed by atoms with Crippen LogP contribution in [0.25, 0.3) is 0 Å². The molecule has 0 aromatic carbocycles. The van der Waals surface area contributed by atoms with E-state index < -0.39 is 0 Å². The van der Waals surface area contributed by atoms with Crippen molar-refractivity contribution in [1.29, 1.82) is 5.26 Å². The van der Waals surface area contributed by atoms with Crippen LogP contribution in [0.3, 0.4) is 0 Å². The Bertz CT molecular complexity index is 450. The Balaban J connectivity index is 1.89. The number of hydrogen-bond acceptors (Lipinski definition) is 7. The van der Waals surface area contributed by atoms with Gasteiger partial charge >= 0.3 is 0 Å². The molecule has 2 rings (SSSR count). The maximum atomic E-state index is 12.2. The second-order valence-electron chi connectivity index (χ2n) is 4.39. The summed E-state index contributed by atoms with van der Waals surface area (Å²) in [5.41, 5.74) is 0. The first-order chi connectivity index (χ1) is 9.81. The van der Waals surface area contributed by atoms with E-state index in [9.17, 15) is 4.79 Å². The number of nitrogens with zero attached hydrogens (tertiary/aromatic N) is 6. The van der Waals surface area contributed by atoms with E-state index in [2.05, 4.69) is 25.5 Å². The van der Waals surface area contributed by atoms with Crippen LogP contribution >= 0.6 is 0 Å². The van der Waals surface area contributed by atoms with Gasteiger partial charge in [-0.15, -0.1) is 10.2 Å². The van der Waals surface area contributed by atoms with Crippen LogP contribution in [0.15, 0.2) is 0 Å². The zero-order valence-electron chi connectivity index (χ0n) is 11.2. The van der Waals surface area contributed by atoms with Gasteiger partial charge in [0.05, 0.1) is 25.7 Å². The molecule has 0 aliphatic carbocycles. The molecule has 1 amide bonds. The number of amides is 1. The molecule has 0 spiro atoms. The molecule has 1 aromatic heterocycles. The molecule has 1 aromatic rings. The van der Waals surface area contributed by atoms with Gasteiger partial charge < -0.3 is 9.64 Å². The molecule has 1 N–H and O–H groups in total. The second-order valence-corrected chi connectivity index (χ2v) is 4.39. The van der Waals surface area contributed by atoms with Gasteiger partial charge in [0.1, 0.15) is 0 Å². The third kappa shape index (κ3) is 3.97. The van der Waals surface area contributed by atoms with Crippen molar-refractivity contribution in [3.05, 3.63) is 5.82 Å². The van der Waals surface area contributed by atoms with Crippen molar-refractivity contribution >= 4 is 5.91 Å². The largest absolute Gasteiger partial charge is 0.379 e. The van der Waals surface area contributed by atoms with E-state index in [1.807, 2.05) is 6.07 Å². The van der Waals surface area contributed by atoms with Crippen molar-refractivity contribution in [2.24, 2.45) is 0 Å². The van der Waals surface area contributed by atoms with E-state index in [1.54, 1.807) is 4.90 Å². The third-order valence-electron chi connectivity index (χ3n) is 3.11. The topological polar surface area (TPSA) is 111 Å². The second kappa shape index (κ2) is 7.52. The Labute approximate surface area is 116 Å². The first-order valence-electron chi connectivity index (χ1n) is 6.51. The summed E-state index contributed by atoms with van der Waals surface area (Å²) in [4.78, 5) is 16.0. The smallest absolute Gasteiger partial charge is 0.295 e. The number of aromatic amines is 1. The average molecular weight is 279 g/mol. The van der Waals surface area contributed by atoms with Crippen LogP contribution in [0, 0.1) is 11.3 Å². The Hall–Kier alpha value is -2.05. The minimum Gasteiger partial charge on any atom is -0.379 e. The highest BCUT2D eigenvalue weighted by atomic mass is 16.5. The number of carbonyl (C=O) groups is 1. The molecule has 9 nitrogen and oxygen atoms in total. The fraction of sp³-hybridized carbons (Fsp3) is 0.727. The van der Waals surface area contributed by atoms with Gasteiger partial charge in [0.15, 0.2) is 0 Å². The molecule has 9 heteroatoms. The van der Waals surface area contributed by atoms with Crippen molar-refractivity contribution in [1.82, 2.24) is 30.4 Å². The van der Waals surface area contributed by atoms with Gasteiger partial charge in [-0.25, -0.2) is 0 Å². The van der Waals surface area contributed by atoms with Gasteiger partial charge in [0.25, 0.3) is 11.7 Å². The summed E-state index contributed by atoms with van der Waals surface area (Å²) in [6.45, 7) is 4.82. The molecule has 0 radical (unpaired) electrons. The predicted molar refractivity (Wildman–Crippen MR) is 67.6 cm³/mol. The van der Waals surface area contributed by atoms with E-state index in [0.717, 1.165) is 32.8 Å². The molecule has 20 heavy (non-hydrogen) atoms. The van der Waals surface area contributed by atoms with Crippen LogP contribution in [0.2, 0.25) is 0 Å². The van der Waals surface area contributed by atoms with Crippen LogP contribution in [0.4, 0.5) is 0 Å². The van der Waals surface area contributed by atoms with Crippen molar-refractivity contribution in [3.63, 3.8) is 0 Å². The number of carbonyl (C=O) groups excluding carboxylic acids is 1. The number of hydrogen-bond donors (Lipinski definition) is 1. The highest BCUT2D eigenvalue weighted by Gasteiger charge is 2.20. The summed E-state index contributed by atoms with van der Waals surface area (Å²) in [7, 11) is 0. The summed E-state index contributed by atoms with van der Waals surface area (Å²) in [6.07, 6.45) is 0.284. The maximum absolute atomic E-state index is 12.2. The molecule has 1 fully saturated rings. The van der Waals surface area contributed by atoms with Gasteiger partial charge in [-0.05, 0) is 5.21 Å². The van der Waals surface area contributed by atoms with Crippen LogP contribution in [-0.4, -0.2) is 82.3 Å². The number of ether oxygens (including phenoxy) is 1. The third-order valence-corrected chi connectivity index (χ3v) is 3.11. The summed E-state index contributed by atoms with van der Waals surface area (Å²) in [5.74, 6) is -0.271. The molecule has 108 valence electrons. The first kappa shape index (κ1) is 14.4. The molecule has 2 heterocycles. The van der Waals surface area contributed by atoms with E-state index in [-0.39, 0.29) is 18.2 Å².